The maximum Gasteiger partial charge on any atom is 0.191 e. The third-order valence-electron chi connectivity index (χ3n) is 3.65. The summed E-state index contributed by atoms with van der Waals surface area (Å²) in [5, 5.41) is 7.82. The molecule has 0 atom stereocenters. The van der Waals surface area contributed by atoms with Gasteiger partial charge in [0.05, 0.1) is 11.6 Å². The van der Waals surface area contributed by atoms with Crippen molar-refractivity contribution in [1.82, 2.24) is 15.6 Å². The number of benzene rings is 1. The Kier molecular flexibility index (Phi) is 8.25. The van der Waals surface area contributed by atoms with Crippen molar-refractivity contribution in [2.24, 2.45) is 4.99 Å². The van der Waals surface area contributed by atoms with Gasteiger partial charge in [0.1, 0.15) is 5.75 Å². The fraction of sp³-hybridized carbons (Fsp3) is 0.474. The molecule has 0 amide bonds. The molecule has 0 fully saturated rings. The van der Waals surface area contributed by atoms with E-state index >= 15 is 0 Å². The number of aromatic nitrogens is 1. The highest BCUT2D eigenvalue weighted by Crippen LogP contribution is 2.14. The van der Waals surface area contributed by atoms with Crippen LogP contribution in [0.1, 0.15) is 35.2 Å². The van der Waals surface area contributed by atoms with Gasteiger partial charge in [-0.05, 0) is 31.0 Å². The van der Waals surface area contributed by atoms with Gasteiger partial charge < -0.3 is 15.4 Å². The second-order valence-electron chi connectivity index (χ2n) is 5.82. The summed E-state index contributed by atoms with van der Waals surface area (Å²) in [4.78, 5) is 9.89. The zero-order valence-electron chi connectivity index (χ0n) is 15.3. The molecule has 0 radical (unpaired) electrons. The van der Waals surface area contributed by atoms with Gasteiger partial charge in [-0.3, -0.25) is 4.99 Å². The van der Waals surface area contributed by atoms with E-state index in [0.29, 0.717) is 6.54 Å². The minimum absolute atomic E-state index is 0.709. The Morgan fingerprint density at radius 1 is 1.32 bits per heavy atom. The van der Waals surface area contributed by atoms with Gasteiger partial charge in [0.25, 0.3) is 0 Å². The van der Waals surface area contributed by atoms with Crippen molar-refractivity contribution in [3.05, 3.63) is 45.9 Å². The van der Waals surface area contributed by atoms with Crippen LogP contribution in [0.25, 0.3) is 0 Å². The Morgan fingerprint density at radius 3 is 2.92 bits per heavy atom. The van der Waals surface area contributed by atoms with Crippen molar-refractivity contribution in [3.63, 3.8) is 0 Å². The van der Waals surface area contributed by atoms with Crippen molar-refractivity contribution < 1.29 is 4.74 Å². The molecule has 25 heavy (non-hydrogen) atoms. The van der Waals surface area contributed by atoms with Gasteiger partial charge in [-0.2, -0.15) is 0 Å². The molecule has 0 aliphatic heterocycles. The molecule has 6 heteroatoms. The number of nitrogens with one attached hydrogen (secondary N) is 2. The summed E-state index contributed by atoms with van der Waals surface area (Å²) in [5.74, 6) is 1.72. The fourth-order valence-electron chi connectivity index (χ4n) is 2.29. The number of ether oxygens (including phenoxy) is 1. The van der Waals surface area contributed by atoms with Gasteiger partial charge in [0, 0.05) is 37.6 Å². The molecular weight excluding hydrogens is 332 g/mol. The van der Waals surface area contributed by atoms with Crippen LogP contribution < -0.4 is 15.4 Å². The summed E-state index contributed by atoms with van der Waals surface area (Å²) in [7, 11) is 1.78. The van der Waals surface area contributed by atoms with E-state index in [2.05, 4.69) is 46.6 Å². The maximum absolute atomic E-state index is 5.76. The number of hydrogen-bond donors (Lipinski definition) is 2. The largest absolute Gasteiger partial charge is 0.494 e. The van der Waals surface area contributed by atoms with E-state index in [9.17, 15) is 0 Å². The topological polar surface area (TPSA) is 58.5 Å². The molecule has 1 heterocycles. The summed E-state index contributed by atoms with van der Waals surface area (Å²) in [6, 6.07) is 8.20. The molecule has 2 N–H and O–H groups in total. The van der Waals surface area contributed by atoms with Gasteiger partial charge in [-0.1, -0.05) is 25.5 Å². The monoisotopic (exact) mass is 360 g/mol. The quantitative estimate of drug-likeness (QED) is 0.408. The van der Waals surface area contributed by atoms with Crippen LogP contribution in [-0.2, 0) is 13.0 Å². The average molecular weight is 361 g/mol. The van der Waals surface area contributed by atoms with Crippen LogP contribution in [0.3, 0.4) is 0 Å². The number of aryl methyl sites for hydroxylation is 1. The highest BCUT2D eigenvalue weighted by molar-refractivity contribution is 7.11. The zero-order valence-corrected chi connectivity index (χ0v) is 16.2. The predicted octanol–water partition coefficient (Wildman–Crippen LogP) is 3.54. The molecule has 1 aromatic heterocycles. The molecule has 0 bridgehead atoms. The highest BCUT2D eigenvalue weighted by Gasteiger charge is 2.02. The molecule has 0 saturated heterocycles. The lowest BCUT2D eigenvalue weighted by Crippen LogP contribution is -2.37. The Balaban J connectivity index is 1.75. The lowest BCUT2D eigenvalue weighted by Gasteiger charge is -2.12. The Bertz CT molecular complexity index is 669. The Morgan fingerprint density at radius 2 is 2.20 bits per heavy atom. The van der Waals surface area contributed by atoms with Gasteiger partial charge in [0.15, 0.2) is 5.96 Å². The average Bonchev–Trinajstić information content (AvgIpc) is 3.04. The lowest BCUT2D eigenvalue weighted by atomic mass is 10.2. The summed E-state index contributed by atoms with van der Waals surface area (Å²) < 4.78 is 5.76. The normalized spacial score (nSPS) is 11.4. The van der Waals surface area contributed by atoms with Crippen LogP contribution in [0.5, 0.6) is 5.75 Å². The number of unbranched alkanes of at least 4 members (excludes halogenated alkanes) is 1. The van der Waals surface area contributed by atoms with Crippen LogP contribution >= 0.6 is 11.3 Å². The van der Waals surface area contributed by atoms with Gasteiger partial charge in [-0.25, -0.2) is 4.98 Å². The molecule has 1 aromatic carbocycles. The molecule has 5 nitrogen and oxygen atoms in total. The Hall–Kier alpha value is -2.08. The van der Waals surface area contributed by atoms with E-state index in [1.807, 2.05) is 18.3 Å². The van der Waals surface area contributed by atoms with E-state index < -0.39 is 0 Å². The van der Waals surface area contributed by atoms with Gasteiger partial charge in [-0.15, -0.1) is 11.3 Å². The first kappa shape index (κ1) is 19.2. The molecule has 0 aliphatic carbocycles. The van der Waals surface area contributed by atoms with E-state index in [0.717, 1.165) is 49.1 Å². The smallest absolute Gasteiger partial charge is 0.191 e. The summed E-state index contributed by atoms with van der Waals surface area (Å²) in [5.41, 5.74) is 1.17. The van der Waals surface area contributed by atoms with Crippen LogP contribution in [0.15, 0.2) is 35.5 Å². The number of aliphatic imine (C=N–C) groups is 1. The van der Waals surface area contributed by atoms with Crippen molar-refractivity contribution in [2.45, 2.75) is 39.7 Å². The lowest BCUT2D eigenvalue weighted by molar-refractivity contribution is 0.309. The molecule has 0 unspecified atom stereocenters. The number of rotatable bonds is 9. The van der Waals surface area contributed by atoms with E-state index in [1.165, 1.54) is 10.4 Å². The molecule has 0 aliphatic rings. The standard InChI is InChI=1S/C19H28N4OS/c1-4-5-11-24-17-8-6-7-16(12-17)14-23-19(20-3)21-10-9-18-22-13-15(2)25-18/h6-8,12-13H,4-5,9-11,14H2,1-3H3,(H2,20,21,23). The first-order valence-electron chi connectivity index (χ1n) is 8.79. The van der Waals surface area contributed by atoms with E-state index in [1.54, 1.807) is 18.4 Å². The van der Waals surface area contributed by atoms with Gasteiger partial charge in [0.2, 0.25) is 0 Å². The number of hydrogen-bond acceptors (Lipinski definition) is 4. The molecule has 0 saturated carbocycles. The van der Waals surface area contributed by atoms with Crippen molar-refractivity contribution in [3.8, 4) is 5.75 Å². The SMILES string of the molecule is CCCCOc1cccc(CNC(=NC)NCCc2ncc(C)s2)c1. The fourth-order valence-corrected chi connectivity index (χ4v) is 3.08. The summed E-state index contributed by atoms with van der Waals surface area (Å²) in [6.45, 7) is 6.54. The summed E-state index contributed by atoms with van der Waals surface area (Å²) in [6.07, 6.45) is 5.05. The number of nitrogens with zero attached hydrogens (tertiary/aromatic N) is 2. The molecule has 2 aromatic rings. The molecule has 0 spiro atoms. The summed E-state index contributed by atoms with van der Waals surface area (Å²) >= 11 is 1.74. The second kappa shape index (κ2) is 10.7. The van der Waals surface area contributed by atoms with Crippen molar-refractivity contribution in [1.29, 1.82) is 0 Å². The minimum atomic E-state index is 0.709. The maximum atomic E-state index is 5.76. The Labute approximate surface area is 154 Å². The molecule has 136 valence electrons. The van der Waals surface area contributed by atoms with Crippen molar-refractivity contribution >= 4 is 17.3 Å². The van der Waals surface area contributed by atoms with E-state index in [-0.39, 0.29) is 0 Å². The first-order valence-corrected chi connectivity index (χ1v) is 9.60. The van der Waals surface area contributed by atoms with Crippen LogP contribution in [0.4, 0.5) is 0 Å². The third kappa shape index (κ3) is 7.13. The highest BCUT2D eigenvalue weighted by atomic mass is 32.1. The zero-order chi connectivity index (χ0) is 17.9. The molecular formula is C19H28N4OS. The van der Waals surface area contributed by atoms with Crippen molar-refractivity contribution in [2.75, 3.05) is 20.2 Å². The van der Waals surface area contributed by atoms with E-state index in [4.69, 9.17) is 4.74 Å². The minimum Gasteiger partial charge on any atom is -0.494 e. The third-order valence-corrected chi connectivity index (χ3v) is 4.62. The second-order valence-corrected chi connectivity index (χ2v) is 7.14. The predicted molar refractivity (Wildman–Crippen MR) is 106 cm³/mol. The number of thiazole rings is 1. The van der Waals surface area contributed by atoms with Crippen LogP contribution in [0, 0.1) is 6.92 Å². The van der Waals surface area contributed by atoms with Crippen LogP contribution in [0.2, 0.25) is 0 Å². The van der Waals surface area contributed by atoms with Crippen LogP contribution in [-0.4, -0.2) is 31.1 Å². The molecule has 2 rings (SSSR count). The number of guanidine groups is 1. The first-order chi connectivity index (χ1) is 12.2. The van der Waals surface area contributed by atoms with Gasteiger partial charge >= 0.3 is 0 Å².